The minimum Gasteiger partial charge on any atom is -0.399 e. The number of amides is 1. The Bertz CT molecular complexity index is 422. The molecule has 1 aromatic carbocycles. The van der Waals surface area contributed by atoms with E-state index in [2.05, 4.69) is 11.6 Å². The van der Waals surface area contributed by atoms with Gasteiger partial charge in [-0.15, -0.1) is 0 Å². The summed E-state index contributed by atoms with van der Waals surface area (Å²) in [5.41, 5.74) is 6.98. The van der Waals surface area contributed by atoms with Gasteiger partial charge >= 0.3 is 0 Å². The van der Waals surface area contributed by atoms with Crippen LogP contribution in [0.1, 0.15) is 36.0 Å². The molecule has 2 unspecified atom stereocenters. The van der Waals surface area contributed by atoms with E-state index in [-0.39, 0.29) is 5.91 Å². The van der Waals surface area contributed by atoms with Gasteiger partial charge in [0.05, 0.1) is 0 Å². The van der Waals surface area contributed by atoms with Crippen molar-refractivity contribution in [1.29, 1.82) is 0 Å². The number of carbonyl (C=O) groups excluding carboxylic acids is 1. The molecule has 1 aliphatic rings. The molecule has 3 nitrogen and oxygen atoms in total. The number of thioether (sulfide) groups is 1. The van der Waals surface area contributed by atoms with E-state index < -0.39 is 0 Å². The monoisotopic (exact) mass is 264 g/mol. The second-order valence-electron chi connectivity index (χ2n) is 4.82. The van der Waals surface area contributed by atoms with Gasteiger partial charge in [-0.1, -0.05) is 12.5 Å². The van der Waals surface area contributed by atoms with Crippen LogP contribution in [-0.2, 0) is 0 Å². The van der Waals surface area contributed by atoms with Crippen molar-refractivity contribution in [3.63, 3.8) is 0 Å². The standard InChI is InChI=1S/C14H20N2OS/c1-18-13-7-3-6-12(9-13)16-14(17)10-4-2-5-11(15)8-10/h2,4-5,8,12-13H,3,6-7,9,15H2,1H3,(H,16,17). The largest absolute Gasteiger partial charge is 0.399 e. The van der Waals surface area contributed by atoms with Crippen LogP contribution in [0.5, 0.6) is 0 Å². The molecule has 1 saturated carbocycles. The fraction of sp³-hybridized carbons (Fsp3) is 0.500. The summed E-state index contributed by atoms with van der Waals surface area (Å²) in [6, 6.07) is 7.45. The normalized spacial score (nSPS) is 23.6. The molecule has 0 spiro atoms. The Morgan fingerprint density at radius 1 is 1.44 bits per heavy atom. The lowest BCUT2D eigenvalue weighted by atomic mass is 9.94. The summed E-state index contributed by atoms with van der Waals surface area (Å²) in [5.74, 6) is -0.00551. The molecule has 4 heteroatoms. The molecular formula is C14H20N2OS. The lowest BCUT2D eigenvalue weighted by Gasteiger charge is -2.28. The molecule has 18 heavy (non-hydrogen) atoms. The summed E-state index contributed by atoms with van der Waals surface area (Å²) >= 11 is 1.90. The molecule has 1 amide bonds. The van der Waals surface area contributed by atoms with E-state index >= 15 is 0 Å². The number of nitrogens with two attached hydrogens (primary N) is 1. The van der Waals surface area contributed by atoms with Crippen molar-refractivity contribution in [2.24, 2.45) is 0 Å². The van der Waals surface area contributed by atoms with Crippen LogP contribution in [0.3, 0.4) is 0 Å². The molecule has 2 atom stereocenters. The Labute approximate surface area is 113 Å². The van der Waals surface area contributed by atoms with Crippen LogP contribution in [-0.4, -0.2) is 23.5 Å². The maximum atomic E-state index is 12.1. The molecule has 0 radical (unpaired) electrons. The van der Waals surface area contributed by atoms with Gasteiger partial charge < -0.3 is 11.1 Å². The van der Waals surface area contributed by atoms with Crippen LogP contribution >= 0.6 is 11.8 Å². The van der Waals surface area contributed by atoms with E-state index in [1.54, 1.807) is 18.2 Å². The molecule has 98 valence electrons. The molecule has 2 rings (SSSR count). The number of benzene rings is 1. The fourth-order valence-corrected chi connectivity index (χ4v) is 3.27. The third kappa shape index (κ3) is 3.42. The lowest BCUT2D eigenvalue weighted by Crippen LogP contribution is -2.39. The maximum Gasteiger partial charge on any atom is 0.251 e. The average molecular weight is 264 g/mol. The second kappa shape index (κ2) is 6.14. The first-order valence-electron chi connectivity index (χ1n) is 6.38. The molecule has 0 bridgehead atoms. The van der Waals surface area contributed by atoms with Crippen LogP contribution in [0.4, 0.5) is 5.69 Å². The van der Waals surface area contributed by atoms with E-state index in [1.165, 1.54) is 12.8 Å². The van der Waals surface area contributed by atoms with Crippen LogP contribution < -0.4 is 11.1 Å². The molecule has 0 aliphatic heterocycles. The summed E-state index contributed by atoms with van der Waals surface area (Å²) in [6.07, 6.45) is 6.78. The van der Waals surface area contributed by atoms with Gasteiger partial charge in [0.1, 0.15) is 0 Å². The number of anilines is 1. The zero-order chi connectivity index (χ0) is 13.0. The predicted octanol–water partition coefficient (Wildman–Crippen LogP) is 2.67. The van der Waals surface area contributed by atoms with E-state index in [0.29, 0.717) is 22.5 Å². The summed E-state index contributed by atoms with van der Waals surface area (Å²) in [4.78, 5) is 12.1. The van der Waals surface area contributed by atoms with E-state index in [4.69, 9.17) is 5.73 Å². The van der Waals surface area contributed by atoms with Gasteiger partial charge in [-0.25, -0.2) is 0 Å². The van der Waals surface area contributed by atoms with Crippen molar-refractivity contribution < 1.29 is 4.79 Å². The Balaban J connectivity index is 1.95. The first-order chi connectivity index (χ1) is 8.69. The summed E-state index contributed by atoms with van der Waals surface area (Å²) < 4.78 is 0. The highest BCUT2D eigenvalue weighted by atomic mass is 32.2. The third-order valence-electron chi connectivity index (χ3n) is 3.44. The van der Waals surface area contributed by atoms with Crippen molar-refractivity contribution in [3.05, 3.63) is 29.8 Å². The Hall–Kier alpha value is -1.16. The fourth-order valence-electron chi connectivity index (χ4n) is 2.44. The van der Waals surface area contributed by atoms with Gasteiger partial charge in [-0.3, -0.25) is 4.79 Å². The predicted molar refractivity (Wildman–Crippen MR) is 77.9 cm³/mol. The highest BCUT2D eigenvalue weighted by Crippen LogP contribution is 2.27. The van der Waals surface area contributed by atoms with Gasteiger partial charge in [0.2, 0.25) is 0 Å². The van der Waals surface area contributed by atoms with Gasteiger partial charge in [0.15, 0.2) is 0 Å². The zero-order valence-electron chi connectivity index (χ0n) is 10.7. The second-order valence-corrected chi connectivity index (χ2v) is 5.96. The molecule has 0 saturated heterocycles. The van der Waals surface area contributed by atoms with Crippen LogP contribution in [0.15, 0.2) is 24.3 Å². The van der Waals surface area contributed by atoms with E-state index in [0.717, 1.165) is 12.8 Å². The summed E-state index contributed by atoms with van der Waals surface area (Å²) in [6.45, 7) is 0. The molecule has 1 fully saturated rings. The first-order valence-corrected chi connectivity index (χ1v) is 7.67. The Morgan fingerprint density at radius 3 is 3.00 bits per heavy atom. The zero-order valence-corrected chi connectivity index (χ0v) is 11.5. The molecule has 0 heterocycles. The minimum absolute atomic E-state index is 0.00551. The lowest BCUT2D eigenvalue weighted by molar-refractivity contribution is 0.0928. The molecule has 1 aliphatic carbocycles. The van der Waals surface area contributed by atoms with E-state index in [9.17, 15) is 4.79 Å². The SMILES string of the molecule is CSC1CCCC(NC(=O)c2cccc(N)c2)C1. The summed E-state index contributed by atoms with van der Waals surface area (Å²) in [5, 5.41) is 3.80. The quantitative estimate of drug-likeness (QED) is 0.825. The van der Waals surface area contributed by atoms with Crippen LogP contribution in [0.2, 0.25) is 0 Å². The topological polar surface area (TPSA) is 55.1 Å². The third-order valence-corrected chi connectivity index (χ3v) is 4.54. The highest BCUT2D eigenvalue weighted by molar-refractivity contribution is 7.99. The smallest absolute Gasteiger partial charge is 0.251 e. The van der Waals surface area contributed by atoms with Crippen molar-refractivity contribution in [3.8, 4) is 0 Å². The van der Waals surface area contributed by atoms with Gasteiger partial charge in [0, 0.05) is 22.5 Å². The van der Waals surface area contributed by atoms with Crippen LogP contribution in [0, 0.1) is 0 Å². The Kier molecular flexibility index (Phi) is 4.53. The molecule has 3 N–H and O–H groups in total. The number of carbonyl (C=O) groups is 1. The number of hydrogen-bond acceptors (Lipinski definition) is 3. The maximum absolute atomic E-state index is 12.1. The van der Waals surface area contributed by atoms with Crippen LogP contribution in [0.25, 0.3) is 0 Å². The van der Waals surface area contributed by atoms with Crippen molar-refractivity contribution >= 4 is 23.4 Å². The molecular weight excluding hydrogens is 244 g/mol. The summed E-state index contributed by atoms with van der Waals surface area (Å²) in [7, 11) is 0. The number of nitrogens with one attached hydrogen (secondary N) is 1. The minimum atomic E-state index is -0.00551. The average Bonchev–Trinajstić information content (AvgIpc) is 2.39. The van der Waals surface area contributed by atoms with Gasteiger partial charge in [-0.05, 0) is 43.7 Å². The van der Waals surface area contributed by atoms with Crippen molar-refractivity contribution in [2.75, 3.05) is 12.0 Å². The highest BCUT2D eigenvalue weighted by Gasteiger charge is 2.22. The van der Waals surface area contributed by atoms with Crippen molar-refractivity contribution in [1.82, 2.24) is 5.32 Å². The molecule has 0 aromatic heterocycles. The number of rotatable bonds is 3. The molecule has 1 aromatic rings. The first kappa shape index (κ1) is 13.3. The van der Waals surface area contributed by atoms with E-state index in [1.807, 2.05) is 17.8 Å². The Morgan fingerprint density at radius 2 is 2.28 bits per heavy atom. The van der Waals surface area contributed by atoms with Gasteiger partial charge in [0.25, 0.3) is 5.91 Å². The van der Waals surface area contributed by atoms with Crippen molar-refractivity contribution in [2.45, 2.75) is 37.0 Å². The van der Waals surface area contributed by atoms with Gasteiger partial charge in [-0.2, -0.15) is 11.8 Å². The number of hydrogen-bond donors (Lipinski definition) is 2. The number of nitrogen functional groups attached to an aromatic ring is 1.